The number of fused-ring (bicyclic) bond motifs is 1. The standard InChI is InChI=1S/C15H22O2/c1-10-6-11-7-13(2,9-16)8-12(11)14(3,17)15(10)4-5-15/h6-7,12,16-17H,4-5,8-9H2,1-3H3. The van der Waals surface area contributed by atoms with E-state index in [4.69, 9.17) is 0 Å². The van der Waals surface area contributed by atoms with Crippen molar-refractivity contribution >= 4 is 0 Å². The second-order valence-electron chi connectivity index (χ2n) is 6.77. The van der Waals surface area contributed by atoms with Crippen molar-refractivity contribution in [3.8, 4) is 0 Å². The number of aliphatic hydroxyl groups is 2. The van der Waals surface area contributed by atoms with Crippen LogP contribution in [0.15, 0.2) is 23.3 Å². The summed E-state index contributed by atoms with van der Waals surface area (Å²) in [6.45, 7) is 6.39. The minimum Gasteiger partial charge on any atom is -0.395 e. The van der Waals surface area contributed by atoms with Gasteiger partial charge in [-0.05, 0) is 38.7 Å². The molecular weight excluding hydrogens is 212 g/mol. The van der Waals surface area contributed by atoms with Crippen LogP contribution in [-0.4, -0.2) is 22.4 Å². The van der Waals surface area contributed by atoms with Gasteiger partial charge in [0.25, 0.3) is 0 Å². The van der Waals surface area contributed by atoms with Gasteiger partial charge in [-0.2, -0.15) is 0 Å². The Kier molecular flexibility index (Phi) is 2.06. The lowest BCUT2D eigenvalue weighted by atomic mass is 9.65. The summed E-state index contributed by atoms with van der Waals surface area (Å²) >= 11 is 0. The third kappa shape index (κ3) is 1.28. The van der Waals surface area contributed by atoms with Crippen molar-refractivity contribution < 1.29 is 10.2 Å². The van der Waals surface area contributed by atoms with E-state index in [1.807, 2.05) is 6.92 Å². The Hall–Kier alpha value is -0.600. The van der Waals surface area contributed by atoms with Crippen molar-refractivity contribution in [2.45, 2.75) is 45.6 Å². The molecular formula is C15H22O2. The van der Waals surface area contributed by atoms with Crippen LogP contribution in [0.2, 0.25) is 0 Å². The third-order valence-corrected chi connectivity index (χ3v) is 5.48. The van der Waals surface area contributed by atoms with Crippen LogP contribution < -0.4 is 0 Å². The summed E-state index contributed by atoms with van der Waals surface area (Å²) in [5.74, 6) is 0.200. The molecule has 0 bridgehead atoms. The molecule has 17 heavy (non-hydrogen) atoms. The van der Waals surface area contributed by atoms with Crippen LogP contribution in [-0.2, 0) is 0 Å². The van der Waals surface area contributed by atoms with Crippen molar-refractivity contribution in [2.75, 3.05) is 6.61 Å². The summed E-state index contributed by atoms with van der Waals surface area (Å²) in [7, 11) is 0. The first-order valence-electron chi connectivity index (χ1n) is 6.59. The van der Waals surface area contributed by atoms with Crippen LogP contribution in [0.1, 0.15) is 40.0 Å². The molecule has 0 aromatic heterocycles. The van der Waals surface area contributed by atoms with Gasteiger partial charge in [0, 0.05) is 16.7 Å². The van der Waals surface area contributed by atoms with E-state index in [-0.39, 0.29) is 23.4 Å². The smallest absolute Gasteiger partial charge is 0.0781 e. The van der Waals surface area contributed by atoms with Crippen LogP contribution >= 0.6 is 0 Å². The molecule has 0 aromatic carbocycles. The second-order valence-corrected chi connectivity index (χ2v) is 6.77. The minimum absolute atomic E-state index is 0.0374. The molecule has 1 spiro atoms. The van der Waals surface area contributed by atoms with Crippen LogP contribution in [0.3, 0.4) is 0 Å². The number of allylic oxidation sites excluding steroid dienone is 1. The third-order valence-electron chi connectivity index (χ3n) is 5.48. The Morgan fingerprint density at radius 1 is 1.35 bits per heavy atom. The molecule has 3 aliphatic carbocycles. The van der Waals surface area contributed by atoms with Gasteiger partial charge in [0.05, 0.1) is 12.2 Å². The monoisotopic (exact) mass is 234 g/mol. The highest BCUT2D eigenvalue weighted by Gasteiger charge is 2.64. The average Bonchev–Trinajstić information content (AvgIpc) is 2.99. The molecule has 3 atom stereocenters. The number of hydrogen-bond acceptors (Lipinski definition) is 2. The molecule has 2 nitrogen and oxygen atoms in total. The minimum atomic E-state index is -0.634. The Bertz CT molecular complexity index is 426. The Balaban J connectivity index is 2.07. The molecule has 94 valence electrons. The quantitative estimate of drug-likeness (QED) is 0.731. The van der Waals surface area contributed by atoms with Gasteiger partial charge < -0.3 is 10.2 Å². The largest absolute Gasteiger partial charge is 0.395 e. The average molecular weight is 234 g/mol. The number of aliphatic hydroxyl groups excluding tert-OH is 1. The molecule has 0 aromatic rings. The first-order valence-corrected chi connectivity index (χ1v) is 6.59. The zero-order valence-corrected chi connectivity index (χ0v) is 11.0. The molecule has 3 unspecified atom stereocenters. The van der Waals surface area contributed by atoms with Gasteiger partial charge in [-0.3, -0.25) is 0 Å². The maximum absolute atomic E-state index is 11.0. The van der Waals surface area contributed by atoms with Crippen molar-refractivity contribution in [3.63, 3.8) is 0 Å². The summed E-state index contributed by atoms with van der Waals surface area (Å²) in [5, 5.41) is 20.5. The highest BCUT2D eigenvalue weighted by molar-refractivity contribution is 5.45. The zero-order valence-electron chi connectivity index (χ0n) is 11.0. The predicted molar refractivity (Wildman–Crippen MR) is 67.4 cm³/mol. The highest BCUT2D eigenvalue weighted by atomic mass is 16.3. The SMILES string of the molecule is CC1=CC2=CC(C)(CO)CC2C(C)(O)C12CC2. The Morgan fingerprint density at radius 2 is 2.00 bits per heavy atom. The number of hydrogen-bond donors (Lipinski definition) is 2. The molecule has 1 fully saturated rings. The lowest BCUT2D eigenvalue weighted by Gasteiger charge is -2.44. The topological polar surface area (TPSA) is 40.5 Å². The summed E-state index contributed by atoms with van der Waals surface area (Å²) in [4.78, 5) is 0. The molecule has 0 aliphatic heterocycles. The lowest BCUT2D eigenvalue weighted by molar-refractivity contribution is -0.0515. The normalized spacial score (nSPS) is 46.5. The van der Waals surface area contributed by atoms with E-state index in [1.54, 1.807) is 0 Å². The molecule has 3 aliphatic rings. The van der Waals surface area contributed by atoms with Crippen LogP contribution in [0.5, 0.6) is 0 Å². The van der Waals surface area contributed by atoms with E-state index in [0.717, 1.165) is 19.3 Å². The van der Waals surface area contributed by atoms with E-state index >= 15 is 0 Å². The van der Waals surface area contributed by atoms with E-state index in [9.17, 15) is 10.2 Å². The summed E-state index contributed by atoms with van der Waals surface area (Å²) in [6.07, 6.45) is 7.53. The number of rotatable bonds is 1. The zero-order chi connectivity index (χ0) is 12.5. The van der Waals surface area contributed by atoms with Crippen molar-refractivity contribution in [3.05, 3.63) is 23.3 Å². The van der Waals surface area contributed by atoms with Gasteiger partial charge in [0.1, 0.15) is 0 Å². The molecule has 2 N–H and O–H groups in total. The first kappa shape index (κ1) is 11.5. The first-order chi connectivity index (χ1) is 7.85. The lowest BCUT2D eigenvalue weighted by Crippen LogP contribution is -2.47. The van der Waals surface area contributed by atoms with Crippen molar-refractivity contribution in [1.29, 1.82) is 0 Å². The van der Waals surface area contributed by atoms with E-state index in [0.29, 0.717) is 0 Å². The molecule has 0 heterocycles. The maximum Gasteiger partial charge on any atom is 0.0781 e. The van der Waals surface area contributed by atoms with Crippen molar-refractivity contribution in [2.24, 2.45) is 16.7 Å². The van der Waals surface area contributed by atoms with Gasteiger partial charge in [0.15, 0.2) is 0 Å². The van der Waals surface area contributed by atoms with Crippen LogP contribution in [0.4, 0.5) is 0 Å². The maximum atomic E-state index is 11.0. The Morgan fingerprint density at radius 3 is 2.53 bits per heavy atom. The molecule has 0 saturated heterocycles. The molecule has 3 rings (SSSR count). The molecule has 2 heteroatoms. The van der Waals surface area contributed by atoms with Gasteiger partial charge in [-0.1, -0.05) is 24.6 Å². The Labute approximate surface area is 103 Å². The summed E-state index contributed by atoms with van der Waals surface area (Å²) in [6, 6.07) is 0. The fourth-order valence-electron chi connectivity index (χ4n) is 4.07. The fraction of sp³-hybridized carbons (Fsp3) is 0.733. The predicted octanol–water partition coefficient (Wildman–Crippen LogP) is 2.42. The highest BCUT2D eigenvalue weighted by Crippen LogP contribution is 2.67. The van der Waals surface area contributed by atoms with E-state index in [1.165, 1.54) is 11.1 Å². The van der Waals surface area contributed by atoms with Gasteiger partial charge in [0.2, 0.25) is 0 Å². The van der Waals surface area contributed by atoms with Crippen molar-refractivity contribution in [1.82, 2.24) is 0 Å². The second kappa shape index (κ2) is 3.04. The van der Waals surface area contributed by atoms with Gasteiger partial charge in [-0.15, -0.1) is 0 Å². The molecule has 0 radical (unpaired) electrons. The van der Waals surface area contributed by atoms with Crippen LogP contribution in [0, 0.1) is 16.7 Å². The summed E-state index contributed by atoms with van der Waals surface area (Å²) in [5.41, 5.74) is 1.82. The van der Waals surface area contributed by atoms with Gasteiger partial charge >= 0.3 is 0 Å². The summed E-state index contributed by atoms with van der Waals surface area (Å²) < 4.78 is 0. The van der Waals surface area contributed by atoms with E-state index < -0.39 is 5.60 Å². The van der Waals surface area contributed by atoms with E-state index in [2.05, 4.69) is 26.0 Å². The molecule has 1 saturated carbocycles. The molecule has 0 amide bonds. The van der Waals surface area contributed by atoms with Gasteiger partial charge in [-0.25, -0.2) is 0 Å². The fourth-order valence-corrected chi connectivity index (χ4v) is 4.07. The van der Waals surface area contributed by atoms with Crippen LogP contribution in [0.25, 0.3) is 0 Å².